The van der Waals surface area contributed by atoms with E-state index in [4.69, 9.17) is 10.7 Å². The van der Waals surface area contributed by atoms with Crippen molar-refractivity contribution in [1.29, 1.82) is 0 Å². The maximum absolute atomic E-state index is 11.6. The van der Waals surface area contributed by atoms with Gasteiger partial charge in [0.25, 0.3) is 9.05 Å². The summed E-state index contributed by atoms with van der Waals surface area (Å²) in [5.74, 6) is 0.128. The predicted molar refractivity (Wildman–Crippen MR) is 65.2 cm³/mol. The van der Waals surface area contributed by atoms with Crippen LogP contribution in [-0.2, 0) is 19.1 Å². The van der Waals surface area contributed by atoms with Gasteiger partial charge in [-0.2, -0.15) is 0 Å². The second kappa shape index (κ2) is 4.15. The molecule has 5 nitrogen and oxygen atoms in total. The normalized spacial score (nSPS) is 19.5. The summed E-state index contributed by atoms with van der Waals surface area (Å²) in [6.07, 6.45) is 0.581. The number of hydrogen-bond donors (Lipinski definition) is 0. The average Bonchev–Trinajstić information content (AvgIpc) is 2.57. The lowest BCUT2D eigenvalue weighted by molar-refractivity contribution is 0.599. The van der Waals surface area contributed by atoms with Crippen molar-refractivity contribution >= 4 is 35.4 Å². The summed E-state index contributed by atoms with van der Waals surface area (Å²) >= 11 is 0. The molecule has 8 heteroatoms. The second-order valence-electron chi connectivity index (χ2n) is 3.67. The fourth-order valence-corrected chi connectivity index (χ4v) is 4.04. The first-order valence-corrected chi connectivity index (χ1v) is 8.78. The molecule has 94 valence electrons. The van der Waals surface area contributed by atoms with Gasteiger partial charge in [0.15, 0.2) is 0 Å². The van der Waals surface area contributed by atoms with E-state index in [1.807, 2.05) is 0 Å². The Balaban J connectivity index is 2.37. The van der Waals surface area contributed by atoms with Crippen molar-refractivity contribution in [2.75, 3.05) is 16.6 Å². The zero-order chi connectivity index (χ0) is 12.7. The van der Waals surface area contributed by atoms with E-state index in [-0.39, 0.29) is 10.6 Å². The Morgan fingerprint density at radius 1 is 1.18 bits per heavy atom. The van der Waals surface area contributed by atoms with Gasteiger partial charge in [-0.15, -0.1) is 0 Å². The molecule has 0 amide bonds. The number of anilines is 1. The fraction of sp³-hybridized carbons (Fsp3) is 0.333. The molecule has 0 aliphatic carbocycles. The van der Waals surface area contributed by atoms with E-state index in [2.05, 4.69) is 0 Å². The summed E-state index contributed by atoms with van der Waals surface area (Å²) in [5, 5.41) is 0. The lowest BCUT2D eigenvalue weighted by Gasteiger charge is -2.16. The highest BCUT2D eigenvalue weighted by molar-refractivity contribution is 8.13. The monoisotopic (exact) mass is 295 g/mol. The molecule has 17 heavy (non-hydrogen) atoms. The van der Waals surface area contributed by atoms with Crippen LogP contribution in [0.5, 0.6) is 0 Å². The molecule has 1 aliphatic rings. The highest BCUT2D eigenvalue weighted by Gasteiger charge is 2.28. The zero-order valence-corrected chi connectivity index (χ0v) is 11.1. The predicted octanol–water partition coefficient (Wildman–Crippen LogP) is 1.15. The van der Waals surface area contributed by atoms with Crippen LogP contribution in [-0.4, -0.2) is 29.1 Å². The van der Waals surface area contributed by atoms with Crippen LogP contribution in [0.4, 0.5) is 5.69 Å². The summed E-state index contributed by atoms with van der Waals surface area (Å²) in [6, 6.07) is 5.48. The van der Waals surface area contributed by atoms with E-state index >= 15 is 0 Å². The molecule has 1 aliphatic heterocycles. The highest BCUT2D eigenvalue weighted by Crippen LogP contribution is 2.25. The Kier molecular flexibility index (Phi) is 3.09. The maximum atomic E-state index is 11.6. The van der Waals surface area contributed by atoms with E-state index < -0.39 is 19.1 Å². The molecule has 1 fully saturated rings. The van der Waals surface area contributed by atoms with Crippen molar-refractivity contribution in [2.45, 2.75) is 11.3 Å². The molecule has 0 saturated carbocycles. The molecule has 0 N–H and O–H groups in total. The number of rotatable bonds is 2. The minimum atomic E-state index is -3.77. The third kappa shape index (κ3) is 2.56. The van der Waals surface area contributed by atoms with E-state index in [0.29, 0.717) is 18.7 Å². The third-order valence-corrected chi connectivity index (χ3v) is 5.74. The first-order valence-electron chi connectivity index (χ1n) is 4.86. The minimum absolute atomic E-state index is 0.0421. The van der Waals surface area contributed by atoms with Gasteiger partial charge in [0.1, 0.15) is 0 Å². The highest BCUT2D eigenvalue weighted by atomic mass is 35.7. The Labute approximate surface area is 104 Å². The molecule has 1 heterocycles. The molecule has 0 aromatic heterocycles. The van der Waals surface area contributed by atoms with Gasteiger partial charge in [-0.05, 0) is 30.7 Å². The van der Waals surface area contributed by atoms with Crippen molar-refractivity contribution in [3.63, 3.8) is 0 Å². The molecule has 1 aromatic rings. The lowest BCUT2D eigenvalue weighted by Crippen LogP contribution is -2.24. The van der Waals surface area contributed by atoms with Gasteiger partial charge in [0.2, 0.25) is 10.0 Å². The standard InChI is InChI=1S/C9H10ClNO4S2/c10-17(14,15)9-4-2-8(3-5-9)11-6-1-7-16(11,12)13/h2-5H,1,6-7H2. The Morgan fingerprint density at radius 3 is 2.18 bits per heavy atom. The molecule has 0 bridgehead atoms. The van der Waals surface area contributed by atoms with E-state index in [9.17, 15) is 16.8 Å². The van der Waals surface area contributed by atoms with Crippen LogP contribution < -0.4 is 4.31 Å². The Morgan fingerprint density at radius 2 is 1.76 bits per heavy atom. The quantitative estimate of drug-likeness (QED) is 0.768. The molecular formula is C9H10ClNO4S2. The zero-order valence-electron chi connectivity index (χ0n) is 8.71. The molecule has 1 aromatic carbocycles. The molecule has 0 atom stereocenters. The number of hydrogen-bond acceptors (Lipinski definition) is 4. The van der Waals surface area contributed by atoms with Gasteiger partial charge < -0.3 is 0 Å². The Hall–Kier alpha value is -0.790. The summed E-state index contributed by atoms with van der Waals surface area (Å²) < 4.78 is 46.6. The SMILES string of the molecule is O=S(=O)(Cl)c1ccc(N2CCCS2(=O)=O)cc1. The van der Waals surface area contributed by atoms with Crippen LogP contribution in [0.2, 0.25) is 0 Å². The van der Waals surface area contributed by atoms with Gasteiger partial charge in [-0.25, -0.2) is 16.8 Å². The van der Waals surface area contributed by atoms with Crippen LogP contribution in [0.15, 0.2) is 29.2 Å². The molecule has 2 rings (SSSR count). The van der Waals surface area contributed by atoms with Gasteiger partial charge in [0, 0.05) is 17.2 Å². The number of benzene rings is 1. The summed E-state index contributed by atoms with van der Waals surface area (Å²) in [7, 11) is -1.84. The van der Waals surface area contributed by atoms with E-state index in [1.54, 1.807) is 0 Å². The summed E-state index contributed by atoms with van der Waals surface area (Å²) in [5.41, 5.74) is 0.464. The number of sulfonamides is 1. The van der Waals surface area contributed by atoms with Crippen molar-refractivity contribution in [3.05, 3.63) is 24.3 Å². The van der Waals surface area contributed by atoms with Crippen molar-refractivity contribution in [3.8, 4) is 0 Å². The fourth-order valence-electron chi connectivity index (χ4n) is 1.70. The van der Waals surface area contributed by atoms with Gasteiger partial charge in [-0.3, -0.25) is 4.31 Å². The number of halogens is 1. The van der Waals surface area contributed by atoms with Gasteiger partial charge in [0.05, 0.1) is 16.3 Å². The summed E-state index contributed by atoms with van der Waals surface area (Å²) in [4.78, 5) is -0.0421. The molecule has 0 spiro atoms. The van der Waals surface area contributed by atoms with Crippen LogP contribution in [0, 0.1) is 0 Å². The minimum Gasteiger partial charge on any atom is -0.270 e. The smallest absolute Gasteiger partial charge is 0.261 e. The van der Waals surface area contributed by atoms with E-state index in [0.717, 1.165) is 0 Å². The first kappa shape index (κ1) is 12.7. The van der Waals surface area contributed by atoms with Crippen LogP contribution in [0.25, 0.3) is 0 Å². The molecule has 1 saturated heterocycles. The van der Waals surface area contributed by atoms with Crippen molar-refractivity contribution in [2.24, 2.45) is 0 Å². The van der Waals surface area contributed by atoms with Gasteiger partial charge in [-0.1, -0.05) is 0 Å². The lowest BCUT2D eigenvalue weighted by atomic mass is 10.3. The topological polar surface area (TPSA) is 71.5 Å². The summed E-state index contributed by atoms with van der Waals surface area (Å²) in [6.45, 7) is 0.426. The molecular weight excluding hydrogens is 286 g/mol. The average molecular weight is 296 g/mol. The largest absolute Gasteiger partial charge is 0.270 e. The molecule has 0 radical (unpaired) electrons. The van der Waals surface area contributed by atoms with Gasteiger partial charge >= 0.3 is 0 Å². The Bertz CT molecular complexity index is 621. The van der Waals surface area contributed by atoms with Crippen LogP contribution in [0.1, 0.15) is 6.42 Å². The molecule has 0 unspecified atom stereocenters. The maximum Gasteiger partial charge on any atom is 0.261 e. The van der Waals surface area contributed by atoms with Crippen LogP contribution in [0.3, 0.4) is 0 Å². The number of nitrogens with zero attached hydrogens (tertiary/aromatic N) is 1. The van der Waals surface area contributed by atoms with Crippen molar-refractivity contribution in [1.82, 2.24) is 0 Å². The van der Waals surface area contributed by atoms with E-state index in [1.165, 1.54) is 28.6 Å². The van der Waals surface area contributed by atoms with Crippen molar-refractivity contribution < 1.29 is 16.8 Å². The van der Waals surface area contributed by atoms with Crippen LogP contribution >= 0.6 is 10.7 Å². The third-order valence-electron chi connectivity index (χ3n) is 2.51. The second-order valence-corrected chi connectivity index (χ2v) is 8.25. The first-order chi connectivity index (χ1) is 7.81.